The molecular weight excluding hydrogens is 464 g/mol. The van der Waals surface area contributed by atoms with Crippen molar-refractivity contribution in [3.8, 4) is 0 Å². The molecule has 0 aliphatic rings. The summed E-state index contributed by atoms with van der Waals surface area (Å²) in [6.45, 7) is 2.83. The molecule has 0 aromatic heterocycles. The third-order valence-corrected chi connectivity index (χ3v) is 6.48. The van der Waals surface area contributed by atoms with Gasteiger partial charge in [-0.25, -0.2) is 8.42 Å². The molecule has 0 aliphatic carbocycles. The standard InChI is InChI=1S/C22H28N4O7S/c1-5-15(2)16-6-8-17(9-7-16)24-21(27)14-33-22(28)13-23-34(31,32)18-10-11-19(25(3)4)20(12-18)26(29)30/h6-12,15,23H,5,13-14H2,1-4H3,(H,24,27). The smallest absolute Gasteiger partial charge is 0.321 e. The molecule has 0 saturated heterocycles. The van der Waals surface area contributed by atoms with Crippen LogP contribution in [-0.4, -0.2) is 52.5 Å². The molecule has 12 heteroatoms. The number of amides is 1. The van der Waals surface area contributed by atoms with E-state index in [1.165, 1.54) is 17.0 Å². The third-order valence-electron chi connectivity index (χ3n) is 5.08. The van der Waals surface area contributed by atoms with Gasteiger partial charge in [0.25, 0.3) is 11.6 Å². The van der Waals surface area contributed by atoms with Gasteiger partial charge >= 0.3 is 5.97 Å². The zero-order valence-corrected chi connectivity index (χ0v) is 20.2. The number of hydrogen-bond acceptors (Lipinski definition) is 8. The summed E-state index contributed by atoms with van der Waals surface area (Å²) >= 11 is 0. The molecule has 0 spiro atoms. The SMILES string of the molecule is CCC(C)c1ccc(NC(=O)COC(=O)CNS(=O)(=O)c2ccc(N(C)C)c([N+](=O)[O-])c2)cc1. The summed E-state index contributed by atoms with van der Waals surface area (Å²) < 4.78 is 31.7. The zero-order chi connectivity index (χ0) is 25.5. The summed E-state index contributed by atoms with van der Waals surface area (Å²) in [5, 5.41) is 13.9. The van der Waals surface area contributed by atoms with E-state index >= 15 is 0 Å². The van der Waals surface area contributed by atoms with Crippen LogP contribution in [0.4, 0.5) is 17.1 Å². The first kappa shape index (κ1) is 26.7. The molecule has 1 amide bonds. The quantitative estimate of drug-likeness (QED) is 0.276. The van der Waals surface area contributed by atoms with Crippen LogP contribution in [0.25, 0.3) is 0 Å². The minimum absolute atomic E-state index is 0.226. The number of sulfonamides is 1. The average molecular weight is 493 g/mol. The first-order valence-electron chi connectivity index (χ1n) is 10.5. The van der Waals surface area contributed by atoms with Crippen molar-refractivity contribution in [2.75, 3.05) is 37.5 Å². The monoisotopic (exact) mass is 492 g/mol. The highest BCUT2D eigenvalue weighted by molar-refractivity contribution is 7.89. The van der Waals surface area contributed by atoms with Gasteiger partial charge in [0.2, 0.25) is 10.0 Å². The van der Waals surface area contributed by atoms with Gasteiger partial charge in [-0.2, -0.15) is 4.72 Å². The van der Waals surface area contributed by atoms with E-state index in [4.69, 9.17) is 4.74 Å². The molecule has 0 fully saturated rings. The number of ether oxygens (including phenoxy) is 1. The Kier molecular flexibility index (Phi) is 9.10. The van der Waals surface area contributed by atoms with Crippen LogP contribution in [0.2, 0.25) is 0 Å². The molecule has 0 heterocycles. The minimum Gasteiger partial charge on any atom is -0.455 e. The van der Waals surface area contributed by atoms with E-state index in [1.54, 1.807) is 26.2 Å². The number of rotatable bonds is 11. The van der Waals surface area contributed by atoms with Crippen LogP contribution in [0, 0.1) is 10.1 Å². The summed E-state index contributed by atoms with van der Waals surface area (Å²) in [5.74, 6) is -1.17. The van der Waals surface area contributed by atoms with Crippen LogP contribution < -0.4 is 14.9 Å². The van der Waals surface area contributed by atoms with Gasteiger partial charge in [0.1, 0.15) is 12.2 Å². The Morgan fingerprint density at radius 2 is 1.79 bits per heavy atom. The molecule has 1 unspecified atom stereocenters. The second kappa shape index (κ2) is 11.6. The Morgan fingerprint density at radius 1 is 1.15 bits per heavy atom. The predicted octanol–water partition coefficient (Wildman–Crippen LogP) is 2.63. The Balaban J connectivity index is 1.90. The lowest BCUT2D eigenvalue weighted by Gasteiger charge is -2.14. The normalized spacial score (nSPS) is 12.0. The maximum Gasteiger partial charge on any atom is 0.321 e. The number of carbonyl (C=O) groups excluding carboxylic acids is 2. The number of nitro benzene ring substituents is 1. The number of nitro groups is 1. The van der Waals surface area contributed by atoms with Crippen molar-refractivity contribution in [2.24, 2.45) is 0 Å². The Morgan fingerprint density at radius 3 is 2.35 bits per heavy atom. The molecule has 2 aromatic rings. The topological polar surface area (TPSA) is 148 Å². The average Bonchev–Trinajstić information content (AvgIpc) is 2.80. The van der Waals surface area contributed by atoms with E-state index < -0.39 is 45.7 Å². The molecule has 2 rings (SSSR count). The molecule has 2 aromatic carbocycles. The lowest BCUT2D eigenvalue weighted by atomic mass is 9.99. The predicted molar refractivity (Wildman–Crippen MR) is 127 cm³/mol. The Bertz CT molecular complexity index is 1150. The van der Waals surface area contributed by atoms with E-state index in [9.17, 15) is 28.1 Å². The fourth-order valence-electron chi connectivity index (χ4n) is 2.96. The first-order valence-corrected chi connectivity index (χ1v) is 11.9. The summed E-state index contributed by atoms with van der Waals surface area (Å²) in [7, 11) is -1.06. The van der Waals surface area contributed by atoms with Gasteiger partial charge in [-0.15, -0.1) is 0 Å². The maximum absolute atomic E-state index is 12.4. The molecule has 0 radical (unpaired) electrons. The van der Waals surface area contributed by atoms with Gasteiger partial charge in [-0.05, 0) is 42.2 Å². The number of benzene rings is 2. The number of carbonyl (C=O) groups is 2. The highest BCUT2D eigenvalue weighted by Gasteiger charge is 2.23. The largest absolute Gasteiger partial charge is 0.455 e. The molecular formula is C22H28N4O7S. The van der Waals surface area contributed by atoms with Crippen molar-refractivity contribution in [1.82, 2.24) is 4.72 Å². The number of hydrogen-bond donors (Lipinski definition) is 2. The summed E-state index contributed by atoms with van der Waals surface area (Å²) in [4.78, 5) is 35.6. The number of anilines is 2. The second-order valence-corrected chi connectivity index (χ2v) is 9.53. The van der Waals surface area contributed by atoms with Crippen molar-refractivity contribution < 1.29 is 27.7 Å². The number of esters is 1. The van der Waals surface area contributed by atoms with Crippen LogP contribution >= 0.6 is 0 Å². The Hall–Kier alpha value is -3.51. The van der Waals surface area contributed by atoms with Gasteiger partial charge in [0.15, 0.2) is 6.61 Å². The van der Waals surface area contributed by atoms with E-state index in [2.05, 4.69) is 19.2 Å². The molecule has 2 N–H and O–H groups in total. The maximum atomic E-state index is 12.4. The van der Waals surface area contributed by atoms with E-state index in [0.29, 0.717) is 11.6 Å². The van der Waals surface area contributed by atoms with E-state index in [-0.39, 0.29) is 10.6 Å². The van der Waals surface area contributed by atoms with Crippen LogP contribution in [0.15, 0.2) is 47.4 Å². The molecule has 0 bridgehead atoms. The Labute approximate surface area is 198 Å². The van der Waals surface area contributed by atoms with Crippen molar-refractivity contribution in [3.63, 3.8) is 0 Å². The fourth-order valence-corrected chi connectivity index (χ4v) is 3.95. The van der Waals surface area contributed by atoms with Crippen molar-refractivity contribution in [1.29, 1.82) is 0 Å². The molecule has 0 saturated carbocycles. The highest BCUT2D eigenvalue weighted by atomic mass is 32.2. The van der Waals surface area contributed by atoms with E-state index in [1.807, 2.05) is 16.9 Å². The molecule has 11 nitrogen and oxygen atoms in total. The summed E-state index contributed by atoms with van der Waals surface area (Å²) in [6.07, 6.45) is 0.990. The molecule has 1 atom stereocenters. The first-order chi connectivity index (χ1) is 15.9. The van der Waals surface area contributed by atoms with Crippen molar-refractivity contribution in [2.45, 2.75) is 31.1 Å². The van der Waals surface area contributed by atoms with Gasteiger partial charge in [-0.1, -0.05) is 26.0 Å². The minimum atomic E-state index is -4.23. The fraction of sp³-hybridized carbons (Fsp3) is 0.364. The van der Waals surface area contributed by atoms with Crippen LogP contribution in [0.3, 0.4) is 0 Å². The van der Waals surface area contributed by atoms with Crippen molar-refractivity contribution in [3.05, 3.63) is 58.1 Å². The second-order valence-electron chi connectivity index (χ2n) is 7.77. The van der Waals surface area contributed by atoms with Crippen molar-refractivity contribution >= 4 is 39.0 Å². The van der Waals surface area contributed by atoms with Crippen LogP contribution in [0.5, 0.6) is 0 Å². The van der Waals surface area contributed by atoms with Gasteiger partial charge in [0.05, 0.1) is 9.82 Å². The number of nitrogens with one attached hydrogen (secondary N) is 2. The van der Waals surface area contributed by atoms with Crippen LogP contribution in [-0.2, 0) is 24.3 Å². The highest BCUT2D eigenvalue weighted by Crippen LogP contribution is 2.29. The van der Waals surface area contributed by atoms with Crippen LogP contribution in [0.1, 0.15) is 31.7 Å². The van der Waals surface area contributed by atoms with Gasteiger partial charge in [-0.3, -0.25) is 19.7 Å². The lowest BCUT2D eigenvalue weighted by molar-refractivity contribution is -0.384. The van der Waals surface area contributed by atoms with E-state index in [0.717, 1.165) is 18.1 Å². The summed E-state index contributed by atoms with van der Waals surface area (Å²) in [6, 6.07) is 10.7. The third kappa shape index (κ3) is 7.25. The molecule has 184 valence electrons. The molecule has 0 aliphatic heterocycles. The molecule has 34 heavy (non-hydrogen) atoms. The summed E-state index contributed by atoms with van der Waals surface area (Å²) in [5.41, 5.74) is 1.51. The van der Waals surface area contributed by atoms with Gasteiger partial charge in [0, 0.05) is 25.8 Å². The zero-order valence-electron chi connectivity index (χ0n) is 19.4. The number of nitrogens with zero attached hydrogens (tertiary/aromatic N) is 2. The lowest BCUT2D eigenvalue weighted by Crippen LogP contribution is -2.32. The van der Waals surface area contributed by atoms with Gasteiger partial charge < -0.3 is 15.0 Å².